The zero-order valence-electron chi connectivity index (χ0n) is 10.2. The Morgan fingerprint density at radius 1 is 1.41 bits per heavy atom. The highest BCUT2D eigenvalue weighted by Crippen LogP contribution is 2.36. The molecule has 0 bridgehead atoms. The summed E-state index contributed by atoms with van der Waals surface area (Å²) < 4.78 is 2.22. The van der Waals surface area contributed by atoms with Crippen molar-refractivity contribution in [3.8, 4) is 0 Å². The van der Waals surface area contributed by atoms with E-state index in [1.165, 1.54) is 0 Å². The van der Waals surface area contributed by atoms with Crippen molar-refractivity contribution in [3.05, 3.63) is 33.6 Å². The lowest BCUT2D eigenvalue weighted by atomic mass is 9.82. The summed E-state index contributed by atoms with van der Waals surface area (Å²) >= 11 is 5.15. The van der Waals surface area contributed by atoms with Crippen LogP contribution in [0.15, 0.2) is 28.1 Å². The summed E-state index contributed by atoms with van der Waals surface area (Å²) in [6.07, 6.45) is 0.858. The van der Waals surface area contributed by atoms with E-state index in [2.05, 4.69) is 22.9 Å². The standard InChI is InChI=1S/C14H15BrOS/c1-4-14(2,3)13(16)10-8-17-12-9(10)6-5-7-11(12)15/h5-8H,4H2,1-3H3. The Morgan fingerprint density at radius 3 is 2.76 bits per heavy atom. The largest absolute Gasteiger partial charge is 0.294 e. The van der Waals surface area contributed by atoms with Crippen molar-refractivity contribution >= 4 is 43.1 Å². The molecule has 1 aromatic carbocycles. The van der Waals surface area contributed by atoms with Gasteiger partial charge in [-0.2, -0.15) is 0 Å². The summed E-state index contributed by atoms with van der Waals surface area (Å²) in [6, 6.07) is 6.02. The highest BCUT2D eigenvalue weighted by Gasteiger charge is 2.28. The molecule has 17 heavy (non-hydrogen) atoms. The van der Waals surface area contributed by atoms with E-state index in [4.69, 9.17) is 0 Å². The Balaban J connectivity index is 2.58. The number of Topliss-reactive ketones (excluding diaryl/α,β-unsaturated/α-hetero) is 1. The lowest BCUT2D eigenvalue weighted by molar-refractivity contribution is 0.0835. The van der Waals surface area contributed by atoms with Crippen molar-refractivity contribution in [2.75, 3.05) is 0 Å². The van der Waals surface area contributed by atoms with E-state index in [1.54, 1.807) is 11.3 Å². The van der Waals surface area contributed by atoms with Crippen LogP contribution in [-0.2, 0) is 0 Å². The number of benzene rings is 1. The molecule has 0 aliphatic carbocycles. The van der Waals surface area contributed by atoms with Crippen LogP contribution in [0.25, 0.3) is 10.1 Å². The molecule has 1 aromatic heterocycles. The summed E-state index contributed by atoms with van der Waals surface area (Å²) in [7, 11) is 0. The van der Waals surface area contributed by atoms with Gasteiger partial charge in [0.1, 0.15) is 0 Å². The van der Waals surface area contributed by atoms with Crippen molar-refractivity contribution in [2.24, 2.45) is 5.41 Å². The topological polar surface area (TPSA) is 17.1 Å². The molecule has 0 aliphatic rings. The summed E-state index contributed by atoms with van der Waals surface area (Å²) in [6.45, 7) is 6.08. The molecule has 0 N–H and O–H groups in total. The molecule has 0 saturated carbocycles. The lowest BCUT2D eigenvalue weighted by Crippen LogP contribution is -2.22. The Morgan fingerprint density at radius 2 is 2.12 bits per heavy atom. The number of hydrogen-bond donors (Lipinski definition) is 0. The molecular weight excluding hydrogens is 296 g/mol. The normalized spacial score (nSPS) is 12.0. The third-order valence-corrected chi connectivity index (χ3v) is 5.25. The van der Waals surface area contributed by atoms with Crippen molar-refractivity contribution in [1.29, 1.82) is 0 Å². The van der Waals surface area contributed by atoms with Gasteiger partial charge in [0.15, 0.2) is 5.78 Å². The lowest BCUT2D eigenvalue weighted by Gasteiger charge is -2.20. The molecule has 2 rings (SSSR count). The molecule has 0 spiro atoms. The van der Waals surface area contributed by atoms with Gasteiger partial charge in [-0.25, -0.2) is 0 Å². The van der Waals surface area contributed by atoms with E-state index >= 15 is 0 Å². The summed E-state index contributed by atoms with van der Waals surface area (Å²) in [5, 5.41) is 3.05. The van der Waals surface area contributed by atoms with Crippen molar-refractivity contribution in [1.82, 2.24) is 0 Å². The van der Waals surface area contributed by atoms with Crippen LogP contribution in [0.2, 0.25) is 0 Å². The Labute approximate surface area is 114 Å². The first-order chi connectivity index (χ1) is 7.97. The predicted octanol–water partition coefficient (Wildman–Crippen LogP) is 5.28. The van der Waals surface area contributed by atoms with Gasteiger partial charge in [-0.3, -0.25) is 4.79 Å². The van der Waals surface area contributed by atoms with Crippen molar-refractivity contribution in [3.63, 3.8) is 0 Å². The van der Waals surface area contributed by atoms with E-state index in [9.17, 15) is 4.79 Å². The fourth-order valence-electron chi connectivity index (χ4n) is 1.72. The minimum absolute atomic E-state index is 0.240. The summed E-state index contributed by atoms with van der Waals surface area (Å²) in [4.78, 5) is 12.5. The second-order valence-corrected chi connectivity index (χ2v) is 6.57. The molecule has 90 valence electrons. The molecule has 1 heterocycles. The van der Waals surface area contributed by atoms with Crippen LogP contribution >= 0.6 is 27.3 Å². The summed E-state index contributed by atoms with van der Waals surface area (Å²) in [5.74, 6) is 0.240. The van der Waals surface area contributed by atoms with E-state index in [1.807, 2.05) is 37.4 Å². The van der Waals surface area contributed by atoms with Crippen LogP contribution in [0.1, 0.15) is 37.6 Å². The maximum atomic E-state index is 12.5. The number of halogens is 1. The average molecular weight is 311 g/mol. The van der Waals surface area contributed by atoms with Gasteiger partial charge in [0.2, 0.25) is 0 Å². The first kappa shape index (κ1) is 12.8. The Kier molecular flexibility index (Phi) is 3.41. The van der Waals surface area contributed by atoms with Gasteiger partial charge in [-0.1, -0.05) is 32.9 Å². The van der Waals surface area contributed by atoms with Crippen LogP contribution in [-0.4, -0.2) is 5.78 Å². The molecule has 0 fully saturated rings. The molecule has 0 radical (unpaired) electrons. The maximum Gasteiger partial charge on any atom is 0.169 e. The van der Waals surface area contributed by atoms with Gasteiger partial charge in [-0.05, 0) is 28.4 Å². The smallest absolute Gasteiger partial charge is 0.169 e. The van der Waals surface area contributed by atoms with E-state index in [-0.39, 0.29) is 11.2 Å². The van der Waals surface area contributed by atoms with Crippen LogP contribution in [0.5, 0.6) is 0 Å². The SMILES string of the molecule is CCC(C)(C)C(=O)c1csc2c(Br)cccc12. The van der Waals surface area contributed by atoms with Crippen molar-refractivity contribution in [2.45, 2.75) is 27.2 Å². The average Bonchev–Trinajstić information content (AvgIpc) is 2.73. The number of rotatable bonds is 3. The molecule has 0 aliphatic heterocycles. The maximum absolute atomic E-state index is 12.5. The number of hydrogen-bond acceptors (Lipinski definition) is 2. The van der Waals surface area contributed by atoms with Crippen LogP contribution in [0.3, 0.4) is 0 Å². The molecule has 0 unspecified atom stereocenters. The van der Waals surface area contributed by atoms with Gasteiger partial charge in [0.05, 0.1) is 0 Å². The number of carbonyl (C=O) groups is 1. The van der Waals surface area contributed by atoms with Gasteiger partial charge in [0, 0.05) is 30.9 Å². The highest BCUT2D eigenvalue weighted by molar-refractivity contribution is 9.10. The van der Waals surface area contributed by atoms with Crippen molar-refractivity contribution < 1.29 is 4.79 Å². The van der Waals surface area contributed by atoms with Crippen LogP contribution < -0.4 is 0 Å². The monoisotopic (exact) mass is 310 g/mol. The summed E-state index contributed by atoms with van der Waals surface area (Å²) in [5.41, 5.74) is 0.578. The fraction of sp³-hybridized carbons (Fsp3) is 0.357. The molecule has 0 atom stereocenters. The van der Waals surface area contributed by atoms with E-state index in [0.717, 1.165) is 26.5 Å². The van der Waals surface area contributed by atoms with Gasteiger partial charge >= 0.3 is 0 Å². The van der Waals surface area contributed by atoms with Crippen LogP contribution in [0, 0.1) is 5.41 Å². The molecule has 0 amide bonds. The molecule has 3 heteroatoms. The van der Waals surface area contributed by atoms with Crippen LogP contribution in [0.4, 0.5) is 0 Å². The molecule has 0 saturated heterocycles. The Hall–Kier alpha value is -0.670. The molecule has 1 nitrogen and oxygen atoms in total. The van der Waals surface area contributed by atoms with Gasteiger partial charge in [0.25, 0.3) is 0 Å². The highest BCUT2D eigenvalue weighted by atomic mass is 79.9. The number of ketones is 1. The van der Waals surface area contributed by atoms with E-state index < -0.39 is 0 Å². The van der Waals surface area contributed by atoms with Gasteiger partial charge < -0.3 is 0 Å². The zero-order valence-corrected chi connectivity index (χ0v) is 12.6. The Bertz CT molecular complexity index is 569. The predicted molar refractivity (Wildman–Crippen MR) is 77.9 cm³/mol. The fourth-order valence-corrected chi connectivity index (χ4v) is 3.32. The van der Waals surface area contributed by atoms with E-state index in [0.29, 0.717) is 0 Å². The number of fused-ring (bicyclic) bond motifs is 1. The third-order valence-electron chi connectivity index (χ3n) is 3.29. The molecular formula is C14H15BrOS. The minimum atomic E-state index is -0.281. The second-order valence-electron chi connectivity index (χ2n) is 4.83. The zero-order chi connectivity index (χ0) is 12.6. The first-order valence-corrected chi connectivity index (χ1v) is 7.35. The number of carbonyl (C=O) groups excluding carboxylic acids is 1. The molecule has 2 aromatic rings. The third kappa shape index (κ3) is 2.18. The second kappa shape index (κ2) is 4.54. The number of thiophene rings is 1. The first-order valence-electron chi connectivity index (χ1n) is 5.68. The van der Waals surface area contributed by atoms with Gasteiger partial charge in [-0.15, -0.1) is 11.3 Å². The minimum Gasteiger partial charge on any atom is -0.294 e. The quantitative estimate of drug-likeness (QED) is 0.705.